The van der Waals surface area contributed by atoms with Gasteiger partial charge >= 0.3 is 5.97 Å². The molecule has 0 spiro atoms. The number of aromatic nitrogens is 1. The van der Waals surface area contributed by atoms with Crippen molar-refractivity contribution in [2.75, 3.05) is 0 Å². The Morgan fingerprint density at radius 2 is 1.95 bits per heavy atom. The first-order valence-corrected chi connectivity index (χ1v) is 6.32. The Bertz CT molecular complexity index is 776. The van der Waals surface area contributed by atoms with Gasteiger partial charge in [-0.3, -0.25) is 4.79 Å². The number of oxazole rings is 1. The molecule has 0 radical (unpaired) electrons. The number of hydrogen-bond acceptors (Lipinski definition) is 3. The third-order valence-corrected chi connectivity index (χ3v) is 3.31. The van der Waals surface area contributed by atoms with Crippen LogP contribution in [-0.2, 0) is 4.79 Å². The molecule has 3 rings (SSSR count). The lowest BCUT2D eigenvalue weighted by Crippen LogP contribution is -2.07. The van der Waals surface area contributed by atoms with Crippen LogP contribution in [0.2, 0.25) is 0 Å². The van der Waals surface area contributed by atoms with Crippen LogP contribution in [-0.4, -0.2) is 16.1 Å². The zero-order valence-electron chi connectivity index (χ0n) is 10.9. The molecule has 1 unspecified atom stereocenters. The molecule has 4 heteroatoms. The molecule has 4 nitrogen and oxygen atoms in total. The van der Waals surface area contributed by atoms with Crippen molar-refractivity contribution >= 4 is 16.7 Å². The molecule has 0 aliphatic heterocycles. The molecule has 0 bridgehead atoms. The van der Waals surface area contributed by atoms with Gasteiger partial charge in [-0.15, -0.1) is 0 Å². The van der Waals surface area contributed by atoms with Crippen LogP contribution in [0.5, 0.6) is 0 Å². The van der Waals surface area contributed by atoms with Crippen LogP contribution in [0, 0.1) is 0 Å². The highest BCUT2D eigenvalue weighted by atomic mass is 16.4. The molecule has 1 atom stereocenters. The maximum Gasteiger partial charge on any atom is 0.315 e. The van der Waals surface area contributed by atoms with Crippen LogP contribution in [0.25, 0.3) is 22.0 Å². The van der Waals surface area contributed by atoms with Crippen molar-refractivity contribution in [3.8, 4) is 11.3 Å². The number of nitrogens with zero attached hydrogens (tertiary/aromatic N) is 1. The summed E-state index contributed by atoms with van der Waals surface area (Å²) in [5.74, 6) is -1.47. The van der Waals surface area contributed by atoms with Gasteiger partial charge in [0.15, 0.2) is 0 Å². The summed E-state index contributed by atoms with van der Waals surface area (Å²) in [6.07, 6.45) is 1.50. The second kappa shape index (κ2) is 4.81. The third-order valence-electron chi connectivity index (χ3n) is 3.31. The molecule has 0 amide bonds. The van der Waals surface area contributed by atoms with Crippen LogP contribution in [0.4, 0.5) is 0 Å². The topological polar surface area (TPSA) is 63.3 Å². The quantitative estimate of drug-likeness (QED) is 0.786. The number of hydrogen-bond donors (Lipinski definition) is 1. The molecule has 0 saturated carbocycles. The van der Waals surface area contributed by atoms with Gasteiger partial charge < -0.3 is 9.52 Å². The van der Waals surface area contributed by atoms with E-state index in [0.29, 0.717) is 5.69 Å². The van der Waals surface area contributed by atoms with Gasteiger partial charge in [0.25, 0.3) is 0 Å². The van der Waals surface area contributed by atoms with Crippen LogP contribution >= 0.6 is 0 Å². The predicted octanol–water partition coefficient (Wildman–Crippen LogP) is 3.68. The molecule has 0 aliphatic rings. The Kier molecular flexibility index (Phi) is 2.99. The van der Waals surface area contributed by atoms with E-state index in [-0.39, 0.29) is 5.89 Å². The fraction of sp³-hybridized carbons (Fsp3) is 0.125. The van der Waals surface area contributed by atoms with E-state index in [9.17, 15) is 4.79 Å². The maximum atomic E-state index is 10.9. The normalized spacial score (nSPS) is 12.4. The number of benzene rings is 2. The monoisotopic (exact) mass is 267 g/mol. The van der Waals surface area contributed by atoms with Gasteiger partial charge in [-0.2, -0.15) is 0 Å². The molecule has 3 aromatic rings. The first-order valence-electron chi connectivity index (χ1n) is 6.32. The van der Waals surface area contributed by atoms with Crippen molar-refractivity contribution in [2.24, 2.45) is 0 Å². The molecule has 1 N–H and O–H groups in total. The average molecular weight is 267 g/mol. The van der Waals surface area contributed by atoms with E-state index < -0.39 is 11.9 Å². The Morgan fingerprint density at radius 1 is 1.20 bits per heavy atom. The summed E-state index contributed by atoms with van der Waals surface area (Å²) < 4.78 is 5.26. The van der Waals surface area contributed by atoms with E-state index in [4.69, 9.17) is 9.52 Å². The summed E-state index contributed by atoms with van der Waals surface area (Å²) >= 11 is 0. The summed E-state index contributed by atoms with van der Waals surface area (Å²) in [6.45, 7) is 1.55. The molecular formula is C16H13NO3. The van der Waals surface area contributed by atoms with E-state index in [0.717, 1.165) is 16.3 Å². The molecule has 1 aromatic heterocycles. The van der Waals surface area contributed by atoms with Crippen LogP contribution in [0.1, 0.15) is 18.7 Å². The number of rotatable bonds is 3. The van der Waals surface area contributed by atoms with Gasteiger partial charge in [0, 0.05) is 5.56 Å². The number of aliphatic carboxylic acids is 1. The average Bonchev–Trinajstić information content (AvgIpc) is 2.95. The fourth-order valence-corrected chi connectivity index (χ4v) is 2.07. The molecular weight excluding hydrogens is 254 g/mol. The van der Waals surface area contributed by atoms with Gasteiger partial charge in [-0.1, -0.05) is 36.4 Å². The minimum atomic E-state index is -0.947. The van der Waals surface area contributed by atoms with E-state index in [1.807, 2.05) is 42.5 Å². The lowest BCUT2D eigenvalue weighted by atomic mass is 10.1. The Labute approximate surface area is 115 Å². The first kappa shape index (κ1) is 12.4. The highest BCUT2D eigenvalue weighted by Gasteiger charge is 2.19. The van der Waals surface area contributed by atoms with Crippen molar-refractivity contribution in [1.82, 2.24) is 4.98 Å². The van der Waals surface area contributed by atoms with Gasteiger partial charge in [-0.05, 0) is 23.8 Å². The second-order valence-electron chi connectivity index (χ2n) is 4.69. The summed E-state index contributed by atoms with van der Waals surface area (Å²) in [5.41, 5.74) is 1.56. The van der Waals surface area contributed by atoms with Crippen LogP contribution in [0.3, 0.4) is 0 Å². The highest BCUT2D eigenvalue weighted by molar-refractivity contribution is 5.86. The Morgan fingerprint density at radius 3 is 2.70 bits per heavy atom. The highest BCUT2D eigenvalue weighted by Crippen LogP contribution is 2.25. The number of carbonyl (C=O) groups is 1. The number of fused-ring (bicyclic) bond motifs is 1. The largest absolute Gasteiger partial charge is 0.481 e. The Balaban J connectivity index is 2.01. The lowest BCUT2D eigenvalue weighted by molar-refractivity contribution is -0.138. The van der Waals surface area contributed by atoms with Crippen molar-refractivity contribution in [2.45, 2.75) is 12.8 Å². The minimum Gasteiger partial charge on any atom is -0.481 e. The maximum absolute atomic E-state index is 10.9. The smallest absolute Gasteiger partial charge is 0.315 e. The zero-order valence-corrected chi connectivity index (χ0v) is 10.9. The van der Waals surface area contributed by atoms with E-state index in [2.05, 4.69) is 4.98 Å². The van der Waals surface area contributed by atoms with Crippen molar-refractivity contribution in [3.05, 3.63) is 54.6 Å². The molecule has 0 aliphatic carbocycles. The second-order valence-corrected chi connectivity index (χ2v) is 4.69. The van der Waals surface area contributed by atoms with E-state index in [1.54, 1.807) is 6.92 Å². The standard InChI is InChI=1S/C16H13NO3/c1-10(16(18)19)15-17-14(9-20-15)13-7-6-11-4-2-3-5-12(11)8-13/h2-10H,1H3,(H,18,19). The minimum absolute atomic E-state index is 0.223. The van der Waals surface area contributed by atoms with Gasteiger partial charge in [0.1, 0.15) is 17.9 Å². The van der Waals surface area contributed by atoms with Crippen LogP contribution in [0.15, 0.2) is 53.1 Å². The Hall–Kier alpha value is -2.62. The van der Waals surface area contributed by atoms with Crippen molar-refractivity contribution < 1.29 is 14.3 Å². The summed E-state index contributed by atoms with van der Waals surface area (Å²) in [6, 6.07) is 14.0. The SMILES string of the molecule is CC(C(=O)O)c1nc(-c2ccc3ccccc3c2)co1. The zero-order chi connectivity index (χ0) is 14.1. The molecule has 1 heterocycles. The summed E-state index contributed by atoms with van der Waals surface area (Å²) in [7, 11) is 0. The molecule has 2 aromatic carbocycles. The van der Waals surface area contributed by atoms with Crippen LogP contribution < -0.4 is 0 Å². The molecule has 0 saturated heterocycles. The molecule has 0 fully saturated rings. The predicted molar refractivity (Wildman–Crippen MR) is 75.5 cm³/mol. The van der Waals surface area contributed by atoms with Crippen molar-refractivity contribution in [3.63, 3.8) is 0 Å². The van der Waals surface area contributed by atoms with Gasteiger partial charge in [0.2, 0.25) is 5.89 Å². The first-order chi connectivity index (χ1) is 9.65. The fourth-order valence-electron chi connectivity index (χ4n) is 2.07. The molecule has 100 valence electrons. The van der Waals surface area contributed by atoms with E-state index >= 15 is 0 Å². The summed E-state index contributed by atoms with van der Waals surface area (Å²) in [4.78, 5) is 15.2. The lowest BCUT2D eigenvalue weighted by Gasteiger charge is -2.01. The molecule has 20 heavy (non-hydrogen) atoms. The third kappa shape index (κ3) is 2.16. The van der Waals surface area contributed by atoms with Crippen molar-refractivity contribution in [1.29, 1.82) is 0 Å². The number of carboxylic acids is 1. The summed E-state index contributed by atoms with van der Waals surface area (Å²) in [5, 5.41) is 11.2. The van der Waals surface area contributed by atoms with E-state index in [1.165, 1.54) is 6.26 Å². The van der Waals surface area contributed by atoms with Gasteiger partial charge in [0.05, 0.1) is 0 Å². The number of carboxylic acid groups (broad SMARTS) is 1. The van der Waals surface area contributed by atoms with Gasteiger partial charge in [-0.25, -0.2) is 4.98 Å².